The molecule has 0 bridgehead atoms. The van der Waals surface area contributed by atoms with Crippen molar-refractivity contribution in [2.75, 3.05) is 26.3 Å². The third-order valence-electron chi connectivity index (χ3n) is 2.65. The minimum absolute atomic E-state index is 0.00994. The summed E-state index contributed by atoms with van der Waals surface area (Å²) in [4.78, 5) is 35.2. The molecule has 7 heteroatoms. The number of hydrogen-bond donors (Lipinski definition) is 2. The van der Waals surface area contributed by atoms with E-state index in [9.17, 15) is 14.4 Å². The fourth-order valence-corrected chi connectivity index (χ4v) is 1.70. The number of ether oxygens (including phenoxy) is 1. The summed E-state index contributed by atoms with van der Waals surface area (Å²) in [6.45, 7) is 2.24. The Balaban J connectivity index is 2.48. The highest BCUT2D eigenvalue weighted by Crippen LogP contribution is 2.07. The highest BCUT2D eigenvalue weighted by molar-refractivity contribution is 5.88. The van der Waals surface area contributed by atoms with Gasteiger partial charge in [0, 0.05) is 13.0 Å². The zero-order valence-corrected chi connectivity index (χ0v) is 10.3. The summed E-state index contributed by atoms with van der Waals surface area (Å²) in [7, 11) is 0. The molecule has 102 valence electrons. The highest BCUT2D eigenvalue weighted by Gasteiger charge is 2.32. The molecule has 1 heterocycles. The number of carboxylic acids is 1. The molecule has 0 saturated carbocycles. The molecule has 1 aliphatic heterocycles. The smallest absolute Gasteiger partial charge is 0.328 e. The number of amides is 2. The van der Waals surface area contributed by atoms with Gasteiger partial charge in [-0.15, -0.1) is 0 Å². The van der Waals surface area contributed by atoms with Gasteiger partial charge < -0.3 is 20.1 Å². The van der Waals surface area contributed by atoms with Crippen molar-refractivity contribution < 1.29 is 24.2 Å². The molecule has 1 atom stereocenters. The molecule has 2 N–H and O–H groups in total. The molecule has 1 rings (SSSR count). The average molecular weight is 258 g/mol. The van der Waals surface area contributed by atoms with Crippen LogP contribution in [-0.4, -0.2) is 60.1 Å². The van der Waals surface area contributed by atoms with Crippen LogP contribution < -0.4 is 5.32 Å². The molecule has 2 amide bonds. The lowest BCUT2D eigenvalue weighted by atomic mass is 10.2. The van der Waals surface area contributed by atoms with Gasteiger partial charge in [0.1, 0.15) is 0 Å². The van der Waals surface area contributed by atoms with Crippen molar-refractivity contribution in [1.29, 1.82) is 0 Å². The molecule has 0 aromatic carbocycles. The normalized spacial score (nSPS) is 19.4. The maximum atomic E-state index is 11.8. The largest absolute Gasteiger partial charge is 0.480 e. The molecule has 0 spiro atoms. The quantitative estimate of drug-likeness (QED) is 0.674. The van der Waals surface area contributed by atoms with Crippen molar-refractivity contribution in [3.63, 3.8) is 0 Å². The molecular weight excluding hydrogens is 240 g/mol. The Morgan fingerprint density at radius 1 is 1.44 bits per heavy atom. The highest BCUT2D eigenvalue weighted by atomic mass is 16.5. The van der Waals surface area contributed by atoms with E-state index in [1.54, 1.807) is 0 Å². The number of rotatable bonds is 5. The van der Waals surface area contributed by atoms with Crippen LogP contribution in [0, 0.1) is 0 Å². The van der Waals surface area contributed by atoms with Gasteiger partial charge in [-0.1, -0.05) is 6.92 Å². The summed E-state index contributed by atoms with van der Waals surface area (Å²) in [5.74, 6) is -1.69. The number of hydrogen-bond acceptors (Lipinski definition) is 4. The molecule has 7 nitrogen and oxygen atoms in total. The predicted molar refractivity (Wildman–Crippen MR) is 61.9 cm³/mol. The maximum absolute atomic E-state index is 11.8. The van der Waals surface area contributed by atoms with E-state index in [-0.39, 0.29) is 25.6 Å². The van der Waals surface area contributed by atoms with E-state index in [4.69, 9.17) is 9.84 Å². The Labute approximate surface area is 105 Å². The van der Waals surface area contributed by atoms with E-state index in [0.29, 0.717) is 19.4 Å². The van der Waals surface area contributed by atoms with E-state index in [0.717, 1.165) is 0 Å². The van der Waals surface area contributed by atoms with E-state index in [1.807, 2.05) is 6.92 Å². The van der Waals surface area contributed by atoms with Gasteiger partial charge in [0.15, 0.2) is 6.04 Å². The van der Waals surface area contributed by atoms with Gasteiger partial charge in [0.2, 0.25) is 11.8 Å². The minimum atomic E-state index is -1.09. The number of carboxylic acid groups (broad SMARTS) is 1. The van der Waals surface area contributed by atoms with Gasteiger partial charge in [0.25, 0.3) is 0 Å². The van der Waals surface area contributed by atoms with E-state index in [1.165, 1.54) is 4.90 Å². The Morgan fingerprint density at radius 3 is 2.78 bits per heavy atom. The number of carbonyl (C=O) groups is 3. The van der Waals surface area contributed by atoms with E-state index < -0.39 is 17.9 Å². The zero-order valence-electron chi connectivity index (χ0n) is 10.3. The second-order valence-corrected chi connectivity index (χ2v) is 4.04. The van der Waals surface area contributed by atoms with Crippen LogP contribution in [0.15, 0.2) is 0 Å². The van der Waals surface area contributed by atoms with Crippen molar-refractivity contribution in [1.82, 2.24) is 10.2 Å². The van der Waals surface area contributed by atoms with Crippen molar-refractivity contribution in [2.45, 2.75) is 25.8 Å². The third-order valence-corrected chi connectivity index (χ3v) is 2.65. The minimum Gasteiger partial charge on any atom is -0.480 e. The van der Waals surface area contributed by atoms with Gasteiger partial charge in [-0.2, -0.15) is 0 Å². The number of nitrogens with one attached hydrogen (secondary N) is 1. The van der Waals surface area contributed by atoms with E-state index in [2.05, 4.69) is 5.32 Å². The van der Waals surface area contributed by atoms with Crippen molar-refractivity contribution in [3.8, 4) is 0 Å². The maximum Gasteiger partial charge on any atom is 0.328 e. The van der Waals surface area contributed by atoms with Crippen molar-refractivity contribution in [2.24, 2.45) is 0 Å². The van der Waals surface area contributed by atoms with Gasteiger partial charge in [0.05, 0.1) is 19.8 Å². The molecule has 18 heavy (non-hydrogen) atoms. The van der Waals surface area contributed by atoms with Gasteiger partial charge in [-0.25, -0.2) is 4.79 Å². The summed E-state index contributed by atoms with van der Waals surface area (Å²) >= 11 is 0. The monoisotopic (exact) mass is 258 g/mol. The molecule has 1 unspecified atom stereocenters. The summed E-state index contributed by atoms with van der Waals surface area (Å²) in [5, 5.41) is 11.4. The van der Waals surface area contributed by atoms with Gasteiger partial charge in [-0.05, 0) is 6.42 Å². The average Bonchev–Trinajstić information content (AvgIpc) is 2.36. The Kier molecular flexibility index (Phi) is 5.57. The first-order valence-electron chi connectivity index (χ1n) is 5.93. The summed E-state index contributed by atoms with van der Waals surface area (Å²) in [6, 6.07) is -0.964. The molecule has 1 saturated heterocycles. The van der Waals surface area contributed by atoms with Crippen LogP contribution in [0.5, 0.6) is 0 Å². The number of morpholine rings is 1. The molecular formula is C11H18N2O5. The molecule has 0 radical (unpaired) electrons. The molecule has 0 aromatic heterocycles. The Morgan fingerprint density at radius 2 is 2.17 bits per heavy atom. The van der Waals surface area contributed by atoms with Crippen LogP contribution in [-0.2, 0) is 19.1 Å². The van der Waals surface area contributed by atoms with Crippen molar-refractivity contribution in [3.05, 3.63) is 0 Å². The first kappa shape index (κ1) is 14.4. The lowest BCUT2D eigenvalue weighted by molar-refractivity contribution is -0.158. The summed E-state index contributed by atoms with van der Waals surface area (Å²) in [6.07, 6.45) is 1.06. The van der Waals surface area contributed by atoms with Crippen LogP contribution in [0.3, 0.4) is 0 Å². The molecule has 1 fully saturated rings. The summed E-state index contributed by atoms with van der Waals surface area (Å²) in [5.41, 5.74) is 0. The lowest BCUT2D eigenvalue weighted by Crippen LogP contribution is -2.54. The zero-order chi connectivity index (χ0) is 13.5. The van der Waals surface area contributed by atoms with Gasteiger partial charge in [-0.3, -0.25) is 9.59 Å². The first-order chi connectivity index (χ1) is 8.56. The second-order valence-electron chi connectivity index (χ2n) is 4.04. The SMILES string of the molecule is CCCC(=O)NCC(=O)N1CCOCC1C(=O)O. The first-order valence-corrected chi connectivity index (χ1v) is 5.93. The summed E-state index contributed by atoms with van der Waals surface area (Å²) < 4.78 is 5.03. The lowest BCUT2D eigenvalue weighted by Gasteiger charge is -2.32. The van der Waals surface area contributed by atoms with Crippen LogP contribution >= 0.6 is 0 Å². The fourth-order valence-electron chi connectivity index (χ4n) is 1.70. The Bertz CT molecular complexity index is 331. The predicted octanol–water partition coefficient (Wildman–Crippen LogP) is -0.785. The second kappa shape index (κ2) is 6.95. The van der Waals surface area contributed by atoms with Crippen LogP contribution in [0.1, 0.15) is 19.8 Å². The van der Waals surface area contributed by atoms with Crippen molar-refractivity contribution >= 4 is 17.8 Å². The number of nitrogens with zero attached hydrogens (tertiary/aromatic N) is 1. The van der Waals surface area contributed by atoms with Crippen LogP contribution in [0.2, 0.25) is 0 Å². The Hall–Kier alpha value is -1.63. The molecule has 1 aliphatic rings. The number of carbonyl (C=O) groups excluding carboxylic acids is 2. The van der Waals surface area contributed by atoms with Gasteiger partial charge >= 0.3 is 5.97 Å². The molecule has 0 aromatic rings. The van der Waals surface area contributed by atoms with Crippen LogP contribution in [0.4, 0.5) is 0 Å². The standard InChI is InChI=1S/C11H18N2O5/c1-2-3-9(14)12-6-10(15)13-4-5-18-7-8(13)11(16)17/h8H,2-7H2,1H3,(H,12,14)(H,16,17). The van der Waals surface area contributed by atoms with E-state index >= 15 is 0 Å². The fraction of sp³-hybridized carbons (Fsp3) is 0.727. The number of aliphatic carboxylic acids is 1. The molecule has 0 aliphatic carbocycles. The topological polar surface area (TPSA) is 95.9 Å². The third kappa shape index (κ3) is 3.99. The van der Waals surface area contributed by atoms with Crippen LogP contribution in [0.25, 0.3) is 0 Å².